The van der Waals surface area contributed by atoms with Crippen LogP contribution in [-0.4, -0.2) is 9.13 Å². The van der Waals surface area contributed by atoms with E-state index < -0.39 is 9.13 Å². The lowest BCUT2D eigenvalue weighted by Crippen LogP contribution is -1.94. The molecule has 0 aromatic rings. The highest BCUT2D eigenvalue weighted by Gasteiger charge is 1.96. The van der Waals surface area contributed by atoms with Crippen molar-refractivity contribution in [3.8, 4) is 0 Å². The van der Waals surface area contributed by atoms with Gasteiger partial charge in [-0.25, -0.2) is 0 Å². The molecule has 0 heterocycles. The molecule has 0 bridgehead atoms. The minimum absolute atomic E-state index is 0.872. The summed E-state index contributed by atoms with van der Waals surface area (Å²) in [6.07, 6.45) is 2.23. The first-order chi connectivity index (χ1) is 3.27. The first kappa shape index (κ1) is 7.15. The molecule has 0 saturated carbocycles. The molecule has 2 heteroatoms. The van der Waals surface area contributed by atoms with Crippen molar-refractivity contribution in [2.45, 2.75) is 32.4 Å². The van der Waals surface area contributed by atoms with Gasteiger partial charge >= 0.3 is 0 Å². The fraction of sp³-hybridized carbons (Fsp3) is 1.00. The highest BCUT2D eigenvalue weighted by Crippen LogP contribution is 2.00. The second kappa shape index (κ2) is 4.31. The maximum absolute atomic E-state index is 12.0. The topological polar surface area (TPSA) is 0 Å². The maximum Gasteiger partial charge on any atom is 0.228 e. The van der Waals surface area contributed by atoms with Crippen LogP contribution in [-0.2, 0) is 0 Å². The summed E-state index contributed by atoms with van der Waals surface area (Å²) in [7, 11) is -1.69. The van der Waals surface area contributed by atoms with Crippen molar-refractivity contribution in [1.29, 1.82) is 0 Å². The van der Waals surface area contributed by atoms with Crippen molar-refractivity contribution in [3.05, 3.63) is 0 Å². The summed E-state index contributed by atoms with van der Waals surface area (Å²) in [5.41, 5.74) is 0. The molecular formula is C5H13FSi. The molecule has 0 spiro atoms. The summed E-state index contributed by atoms with van der Waals surface area (Å²) in [6, 6.07) is 0.872. The third-order valence-electron chi connectivity index (χ3n) is 0.955. The molecule has 1 unspecified atom stereocenters. The van der Waals surface area contributed by atoms with E-state index in [-0.39, 0.29) is 0 Å². The van der Waals surface area contributed by atoms with Crippen molar-refractivity contribution >= 4 is 9.13 Å². The van der Waals surface area contributed by atoms with Gasteiger partial charge in [-0.15, -0.1) is 0 Å². The molecule has 0 aromatic heterocycles. The fourth-order valence-electron chi connectivity index (χ4n) is 0.485. The van der Waals surface area contributed by atoms with Gasteiger partial charge in [-0.05, 0) is 12.6 Å². The van der Waals surface area contributed by atoms with Crippen molar-refractivity contribution in [2.24, 2.45) is 0 Å². The van der Waals surface area contributed by atoms with Crippen LogP contribution < -0.4 is 0 Å². The van der Waals surface area contributed by atoms with E-state index in [4.69, 9.17) is 0 Å². The van der Waals surface area contributed by atoms with E-state index in [1.807, 2.05) is 0 Å². The molecule has 44 valence electrons. The first-order valence-corrected chi connectivity index (χ1v) is 5.32. The number of rotatable bonds is 3. The molecule has 7 heavy (non-hydrogen) atoms. The fourth-order valence-corrected chi connectivity index (χ4v) is 1.46. The van der Waals surface area contributed by atoms with Gasteiger partial charge in [-0.1, -0.05) is 19.8 Å². The zero-order chi connectivity index (χ0) is 5.70. The smallest absolute Gasteiger partial charge is 0.228 e. The van der Waals surface area contributed by atoms with E-state index >= 15 is 0 Å². The Morgan fingerprint density at radius 3 is 2.29 bits per heavy atom. The number of hydrogen-bond acceptors (Lipinski definition) is 0. The molecule has 0 saturated heterocycles. The van der Waals surface area contributed by atoms with E-state index in [2.05, 4.69) is 6.92 Å². The largest absolute Gasteiger partial charge is 0.319 e. The number of hydrogen-bond donors (Lipinski definition) is 0. The minimum atomic E-state index is -1.69. The minimum Gasteiger partial charge on any atom is -0.319 e. The van der Waals surface area contributed by atoms with Gasteiger partial charge in [0.25, 0.3) is 0 Å². The lowest BCUT2D eigenvalue weighted by molar-refractivity contribution is 0.783. The van der Waals surface area contributed by atoms with E-state index in [0.29, 0.717) is 0 Å². The van der Waals surface area contributed by atoms with Crippen LogP contribution in [0.15, 0.2) is 0 Å². The summed E-state index contributed by atoms with van der Waals surface area (Å²) < 4.78 is 12.0. The van der Waals surface area contributed by atoms with Crippen molar-refractivity contribution in [1.82, 2.24) is 0 Å². The van der Waals surface area contributed by atoms with Gasteiger partial charge in [0, 0.05) is 0 Å². The predicted octanol–water partition coefficient (Wildman–Crippen LogP) is 2.11. The standard InChI is InChI=1S/C5H13FSi/c1-3-4-5-7(2)6/h7H,3-5H2,1-2H3. The van der Waals surface area contributed by atoms with Gasteiger partial charge in [0.2, 0.25) is 9.13 Å². The highest BCUT2D eigenvalue weighted by molar-refractivity contribution is 6.49. The van der Waals surface area contributed by atoms with E-state index in [1.54, 1.807) is 6.55 Å². The summed E-state index contributed by atoms with van der Waals surface area (Å²) in [6.45, 7) is 3.84. The number of halogens is 1. The van der Waals surface area contributed by atoms with Gasteiger partial charge in [0.15, 0.2) is 0 Å². The van der Waals surface area contributed by atoms with Crippen LogP contribution in [0.3, 0.4) is 0 Å². The average molecular weight is 120 g/mol. The lowest BCUT2D eigenvalue weighted by atomic mass is 10.4. The Morgan fingerprint density at radius 2 is 2.14 bits per heavy atom. The molecule has 0 aliphatic carbocycles. The molecule has 0 N–H and O–H groups in total. The predicted molar refractivity (Wildman–Crippen MR) is 33.8 cm³/mol. The van der Waals surface area contributed by atoms with Crippen LogP contribution in [0.4, 0.5) is 4.11 Å². The third kappa shape index (κ3) is 6.15. The van der Waals surface area contributed by atoms with Crippen LogP contribution in [0.2, 0.25) is 12.6 Å². The van der Waals surface area contributed by atoms with Crippen LogP contribution in [0.1, 0.15) is 19.8 Å². The average Bonchev–Trinajstić information content (AvgIpc) is 1.61. The van der Waals surface area contributed by atoms with Crippen LogP contribution in [0.25, 0.3) is 0 Å². The summed E-state index contributed by atoms with van der Waals surface area (Å²) in [4.78, 5) is 0. The Morgan fingerprint density at radius 1 is 1.57 bits per heavy atom. The molecule has 0 amide bonds. The van der Waals surface area contributed by atoms with E-state index in [0.717, 1.165) is 18.9 Å². The van der Waals surface area contributed by atoms with Gasteiger partial charge in [0.1, 0.15) is 0 Å². The van der Waals surface area contributed by atoms with Crippen molar-refractivity contribution in [2.75, 3.05) is 0 Å². The van der Waals surface area contributed by atoms with Crippen LogP contribution >= 0.6 is 0 Å². The lowest BCUT2D eigenvalue weighted by Gasteiger charge is -1.92. The normalized spacial score (nSPS) is 14.1. The Hall–Kier alpha value is 0.147. The molecule has 0 rings (SSSR count). The Kier molecular flexibility index (Phi) is 4.40. The van der Waals surface area contributed by atoms with Gasteiger partial charge in [0.05, 0.1) is 0 Å². The summed E-state index contributed by atoms with van der Waals surface area (Å²) in [5.74, 6) is 0. The SMILES string of the molecule is CCCC[SiH](C)F. The Bertz CT molecular complexity index is 37.1. The van der Waals surface area contributed by atoms with Gasteiger partial charge in [-0.3, -0.25) is 0 Å². The summed E-state index contributed by atoms with van der Waals surface area (Å²) >= 11 is 0. The first-order valence-electron chi connectivity index (χ1n) is 2.91. The van der Waals surface area contributed by atoms with Crippen LogP contribution in [0.5, 0.6) is 0 Å². The molecule has 1 atom stereocenters. The molecule has 0 aromatic carbocycles. The van der Waals surface area contributed by atoms with E-state index in [1.165, 1.54) is 0 Å². The van der Waals surface area contributed by atoms with Crippen LogP contribution in [0, 0.1) is 0 Å². The molecular weight excluding hydrogens is 107 g/mol. The zero-order valence-corrected chi connectivity index (χ0v) is 6.23. The second-order valence-corrected chi connectivity index (χ2v) is 4.06. The quantitative estimate of drug-likeness (QED) is 0.395. The van der Waals surface area contributed by atoms with Gasteiger partial charge < -0.3 is 4.11 Å². The molecule has 0 aliphatic heterocycles. The van der Waals surface area contributed by atoms with Crippen molar-refractivity contribution < 1.29 is 4.11 Å². The molecule has 0 radical (unpaired) electrons. The Labute approximate surface area is 46.5 Å². The molecule has 0 nitrogen and oxygen atoms in total. The highest BCUT2D eigenvalue weighted by atomic mass is 28.3. The molecule has 0 fully saturated rings. The van der Waals surface area contributed by atoms with Crippen molar-refractivity contribution in [3.63, 3.8) is 0 Å². The second-order valence-electron chi connectivity index (χ2n) is 1.92. The maximum atomic E-state index is 12.0. The van der Waals surface area contributed by atoms with E-state index in [9.17, 15) is 4.11 Å². The zero-order valence-electron chi connectivity index (χ0n) is 5.08. The molecule has 0 aliphatic rings. The third-order valence-corrected chi connectivity index (χ3v) is 2.16. The van der Waals surface area contributed by atoms with Gasteiger partial charge in [-0.2, -0.15) is 0 Å². The summed E-state index contributed by atoms with van der Waals surface area (Å²) in [5, 5.41) is 0. The number of unbranched alkanes of at least 4 members (excludes halogenated alkanes) is 1. The monoisotopic (exact) mass is 120 g/mol. The Balaban J connectivity index is 2.68.